The molecular formula is C20H18FN3O2. The fraction of sp³-hybridized carbons (Fsp3) is 0.150. The predicted molar refractivity (Wildman–Crippen MR) is 96.0 cm³/mol. The number of benzene rings is 2. The number of halogens is 1. The minimum absolute atomic E-state index is 0.148. The zero-order valence-corrected chi connectivity index (χ0v) is 14.2. The molecule has 1 N–H and O–H groups in total. The molecule has 0 fully saturated rings. The minimum atomic E-state index is -0.372. The summed E-state index contributed by atoms with van der Waals surface area (Å²) in [5.41, 5.74) is 1.54. The van der Waals surface area contributed by atoms with Crippen LogP contribution in [0.1, 0.15) is 34.6 Å². The van der Waals surface area contributed by atoms with E-state index in [-0.39, 0.29) is 35.6 Å². The van der Waals surface area contributed by atoms with Gasteiger partial charge in [0.1, 0.15) is 11.5 Å². The first-order chi connectivity index (χ1) is 12.5. The fourth-order valence-electron chi connectivity index (χ4n) is 2.69. The maximum atomic E-state index is 13.2. The van der Waals surface area contributed by atoms with Gasteiger partial charge in [0.15, 0.2) is 0 Å². The van der Waals surface area contributed by atoms with Gasteiger partial charge in [0.25, 0.3) is 11.5 Å². The number of nitrogens with zero attached hydrogens (tertiary/aromatic N) is 2. The number of carbonyl (C=O) groups is 1. The van der Waals surface area contributed by atoms with Gasteiger partial charge in [0.2, 0.25) is 0 Å². The topological polar surface area (TPSA) is 66.1 Å². The summed E-state index contributed by atoms with van der Waals surface area (Å²) in [5.74, 6) is -0.646. The van der Waals surface area contributed by atoms with E-state index in [1.165, 1.54) is 24.3 Å². The number of rotatable bonds is 5. The highest BCUT2D eigenvalue weighted by Gasteiger charge is 2.24. The summed E-state index contributed by atoms with van der Waals surface area (Å²) in [6.07, 6.45) is 0. The van der Waals surface area contributed by atoms with Crippen molar-refractivity contribution in [2.24, 2.45) is 0 Å². The molecule has 0 aliphatic heterocycles. The molecule has 1 aromatic heterocycles. The summed E-state index contributed by atoms with van der Waals surface area (Å²) in [4.78, 5) is 25.9. The normalized spacial score (nSPS) is 11.8. The second kappa shape index (κ2) is 7.74. The molecule has 5 nitrogen and oxygen atoms in total. The smallest absolute Gasteiger partial charge is 0.275 e. The first-order valence-electron chi connectivity index (χ1n) is 8.20. The van der Waals surface area contributed by atoms with Gasteiger partial charge in [-0.25, -0.2) is 9.49 Å². The van der Waals surface area contributed by atoms with E-state index in [1.54, 1.807) is 17.0 Å². The number of hydrogen-bond donors (Lipinski definition) is 1. The first-order valence-corrected chi connectivity index (χ1v) is 8.20. The minimum Gasteiger partial charge on any atom is -0.326 e. The van der Waals surface area contributed by atoms with Gasteiger partial charge in [-0.1, -0.05) is 42.5 Å². The Labute approximate surface area is 150 Å². The molecule has 0 spiro atoms. The van der Waals surface area contributed by atoms with Gasteiger partial charge in [0.05, 0.1) is 6.04 Å². The van der Waals surface area contributed by atoms with E-state index in [4.69, 9.17) is 0 Å². The van der Waals surface area contributed by atoms with Gasteiger partial charge in [-0.15, -0.1) is 0 Å². The molecule has 0 saturated carbocycles. The lowest BCUT2D eigenvalue weighted by atomic mass is 10.1. The van der Waals surface area contributed by atoms with Gasteiger partial charge < -0.3 is 4.90 Å². The van der Waals surface area contributed by atoms with E-state index >= 15 is 0 Å². The SMILES string of the molecule is CC(c1ccccc1)N(Cc1ccc(F)cc1)C(=O)c1ccc(=O)[nH]n1. The Hall–Kier alpha value is -3.28. The lowest BCUT2D eigenvalue weighted by Gasteiger charge is -2.29. The van der Waals surface area contributed by atoms with Crippen LogP contribution in [0.5, 0.6) is 0 Å². The summed E-state index contributed by atoms with van der Waals surface area (Å²) in [5, 5.41) is 6.13. The molecule has 2 aromatic carbocycles. The van der Waals surface area contributed by atoms with Crippen LogP contribution in [-0.4, -0.2) is 21.0 Å². The molecule has 26 heavy (non-hydrogen) atoms. The molecule has 3 aromatic rings. The van der Waals surface area contributed by atoms with Crippen molar-refractivity contribution in [2.45, 2.75) is 19.5 Å². The molecule has 0 radical (unpaired) electrons. The van der Waals surface area contributed by atoms with Crippen molar-refractivity contribution >= 4 is 5.91 Å². The summed E-state index contributed by atoms with van der Waals surface area (Å²) >= 11 is 0. The summed E-state index contributed by atoms with van der Waals surface area (Å²) in [6, 6.07) is 18.1. The maximum absolute atomic E-state index is 13.2. The largest absolute Gasteiger partial charge is 0.326 e. The third kappa shape index (κ3) is 4.03. The molecule has 1 amide bonds. The third-order valence-corrected chi connectivity index (χ3v) is 4.17. The molecule has 0 bridgehead atoms. The maximum Gasteiger partial charge on any atom is 0.275 e. The van der Waals surface area contributed by atoms with Crippen LogP contribution >= 0.6 is 0 Å². The molecule has 0 saturated heterocycles. The molecule has 3 rings (SSSR count). The quantitative estimate of drug-likeness (QED) is 0.767. The standard InChI is InChI=1S/C20H18FN3O2/c1-14(16-5-3-2-4-6-16)24(13-15-7-9-17(21)10-8-15)20(26)18-11-12-19(25)23-22-18/h2-12,14H,13H2,1H3,(H,23,25). The average Bonchev–Trinajstić information content (AvgIpc) is 2.68. The Morgan fingerprint density at radius 3 is 2.38 bits per heavy atom. The molecular weight excluding hydrogens is 333 g/mol. The number of aromatic nitrogens is 2. The Morgan fingerprint density at radius 2 is 1.77 bits per heavy atom. The Kier molecular flexibility index (Phi) is 5.22. The fourth-order valence-corrected chi connectivity index (χ4v) is 2.69. The van der Waals surface area contributed by atoms with Crippen molar-refractivity contribution in [3.63, 3.8) is 0 Å². The van der Waals surface area contributed by atoms with Crippen LogP contribution in [0.2, 0.25) is 0 Å². The zero-order chi connectivity index (χ0) is 18.5. The van der Waals surface area contributed by atoms with Crippen molar-refractivity contribution in [1.29, 1.82) is 0 Å². The summed E-state index contributed by atoms with van der Waals surface area (Å²) < 4.78 is 13.2. The lowest BCUT2D eigenvalue weighted by Crippen LogP contribution is -2.34. The van der Waals surface area contributed by atoms with E-state index in [0.717, 1.165) is 11.1 Å². The molecule has 0 aliphatic rings. The number of nitrogens with one attached hydrogen (secondary N) is 1. The van der Waals surface area contributed by atoms with Crippen molar-refractivity contribution in [3.05, 3.63) is 99.7 Å². The van der Waals surface area contributed by atoms with Crippen LogP contribution in [0.25, 0.3) is 0 Å². The van der Waals surface area contributed by atoms with E-state index in [1.807, 2.05) is 37.3 Å². The second-order valence-corrected chi connectivity index (χ2v) is 5.95. The van der Waals surface area contributed by atoms with Gasteiger partial charge in [-0.2, -0.15) is 5.10 Å². The second-order valence-electron chi connectivity index (χ2n) is 5.95. The number of aromatic amines is 1. The van der Waals surface area contributed by atoms with Crippen LogP contribution in [0.3, 0.4) is 0 Å². The van der Waals surface area contributed by atoms with Crippen LogP contribution in [0.4, 0.5) is 4.39 Å². The molecule has 6 heteroatoms. The number of hydrogen-bond acceptors (Lipinski definition) is 3. The van der Waals surface area contributed by atoms with E-state index in [9.17, 15) is 14.0 Å². The van der Waals surface area contributed by atoms with Crippen molar-refractivity contribution in [1.82, 2.24) is 15.1 Å². The van der Waals surface area contributed by atoms with Gasteiger partial charge in [-0.05, 0) is 36.2 Å². The Balaban J connectivity index is 1.94. The highest BCUT2D eigenvalue weighted by atomic mass is 19.1. The average molecular weight is 351 g/mol. The van der Waals surface area contributed by atoms with Crippen LogP contribution < -0.4 is 5.56 Å². The summed E-state index contributed by atoms with van der Waals surface area (Å²) in [7, 11) is 0. The first kappa shape index (κ1) is 17.5. The molecule has 132 valence electrons. The zero-order valence-electron chi connectivity index (χ0n) is 14.2. The van der Waals surface area contributed by atoms with E-state index < -0.39 is 0 Å². The van der Waals surface area contributed by atoms with E-state index in [2.05, 4.69) is 10.2 Å². The number of carbonyl (C=O) groups excluding carboxylic acids is 1. The highest BCUT2D eigenvalue weighted by molar-refractivity contribution is 5.92. The number of amides is 1. The third-order valence-electron chi connectivity index (χ3n) is 4.17. The van der Waals surface area contributed by atoms with Gasteiger partial charge >= 0.3 is 0 Å². The molecule has 1 unspecified atom stereocenters. The Bertz CT molecular complexity index is 919. The van der Waals surface area contributed by atoms with Crippen LogP contribution in [0.15, 0.2) is 71.5 Å². The molecule has 1 atom stereocenters. The Morgan fingerprint density at radius 1 is 1.08 bits per heavy atom. The van der Waals surface area contributed by atoms with Crippen molar-refractivity contribution < 1.29 is 9.18 Å². The van der Waals surface area contributed by atoms with Crippen molar-refractivity contribution in [3.8, 4) is 0 Å². The van der Waals surface area contributed by atoms with Crippen LogP contribution in [0, 0.1) is 5.82 Å². The van der Waals surface area contributed by atoms with Gasteiger partial charge in [0, 0.05) is 12.6 Å². The highest BCUT2D eigenvalue weighted by Crippen LogP contribution is 2.24. The predicted octanol–water partition coefficient (Wildman–Crippen LogP) is 3.31. The number of H-pyrrole nitrogens is 1. The summed E-state index contributed by atoms with van der Waals surface area (Å²) in [6.45, 7) is 2.21. The lowest BCUT2D eigenvalue weighted by molar-refractivity contribution is 0.0666. The van der Waals surface area contributed by atoms with E-state index in [0.29, 0.717) is 0 Å². The molecule has 0 aliphatic carbocycles. The van der Waals surface area contributed by atoms with Crippen molar-refractivity contribution in [2.75, 3.05) is 0 Å². The monoisotopic (exact) mass is 351 g/mol. The molecule has 1 heterocycles. The van der Waals surface area contributed by atoms with Crippen LogP contribution in [-0.2, 0) is 6.54 Å². The van der Waals surface area contributed by atoms with Gasteiger partial charge in [-0.3, -0.25) is 9.59 Å².